The van der Waals surface area contributed by atoms with Crippen molar-refractivity contribution >= 4 is 23.9 Å². The van der Waals surface area contributed by atoms with Gasteiger partial charge in [-0.05, 0) is 97.1 Å². The Labute approximate surface area is 331 Å². The first-order valence-electron chi connectivity index (χ1n) is 17.7. The molecule has 0 bridgehead atoms. The summed E-state index contributed by atoms with van der Waals surface area (Å²) in [5, 5.41) is 0. The molecule has 12 nitrogen and oxygen atoms in total. The van der Waals surface area contributed by atoms with Crippen molar-refractivity contribution in [3.8, 4) is 23.0 Å². The first-order valence-corrected chi connectivity index (χ1v) is 17.7. The van der Waals surface area contributed by atoms with Gasteiger partial charge in [-0.2, -0.15) is 0 Å². The van der Waals surface area contributed by atoms with Crippen molar-refractivity contribution in [2.75, 3.05) is 52.9 Å². The number of ether oxygens (including phenoxy) is 8. The lowest BCUT2D eigenvalue weighted by molar-refractivity contribution is -0.0641. The van der Waals surface area contributed by atoms with Gasteiger partial charge in [-0.25, -0.2) is 19.2 Å². The quantitative estimate of drug-likeness (QED) is 0.0392. The topological polar surface area (TPSA) is 142 Å². The smallest absolute Gasteiger partial charge is 0.338 e. The maximum Gasteiger partial charge on any atom is 0.338 e. The van der Waals surface area contributed by atoms with E-state index in [2.05, 4.69) is 26.3 Å². The van der Waals surface area contributed by atoms with E-state index < -0.39 is 55.7 Å². The average Bonchev–Trinajstić information content (AvgIpc) is 3.25. The molecule has 296 valence electrons. The predicted molar refractivity (Wildman–Crippen MR) is 212 cm³/mol. The molecule has 4 aromatic rings. The molecule has 0 radical (unpaired) electrons. The lowest BCUT2D eigenvalue weighted by atomic mass is 9.92. The molecule has 57 heavy (non-hydrogen) atoms. The molecule has 0 atom stereocenters. The van der Waals surface area contributed by atoms with E-state index in [0.29, 0.717) is 23.0 Å². The van der Waals surface area contributed by atoms with Crippen molar-refractivity contribution in [2.24, 2.45) is 5.41 Å². The molecule has 4 rings (SSSR count). The average molecular weight is 777 g/mol. The number of rotatable bonds is 24. The van der Waals surface area contributed by atoms with Crippen molar-refractivity contribution < 1.29 is 57.1 Å². The highest BCUT2D eigenvalue weighted by Gasteiger charge is 2.38. The molecule has 0 unspecified atom stereocenters. The summed E-state index contributed by atoms with van der Waals surface area (Å²) in [7, 11) is 0. The maximum atomic E-state index is 13.4. The number of benzene rings is 4. The molecule has 0 fully saturated rings. The summed E-state index contributed by atoms with van der Waals surface area (Å²) in [5.74, 6) is -0.976. The van der Waals surface area contributed by atoms with Crippen molar-refractivity contribution in [1.82, 2.24) is 0 Å². The lowest BCUT2D eigenvalue weighted by Crippen LogP contribution is -2.44. The van der Waals surface area contributed by atoms with E-state index >= 15 is 0 Å². The van der Waals surface area contributed by atoms with Crippen LogP contribution in [0, 0.1) is 5.41 Å². The maximum absolute atomic E-state index is 13.4. The molecule has 0 saturated carbocycles. The number of hydrogen-bond acceptors (Lipinski definition) is 12. The van der Waals surface area contributed by atoms with Crippen LogP contribution in [0.5, 0.6) is 23.0 Å². The largest absolute Gasteiger partial charge is 0.490 e. The molecule has 0 spiro atoms. The number of carbonyl (C=O) groups is 4. The first kappa shape index (κ1) is 42.7. The Morgan fingerprint density at radius 1 is 0.368 bits per heavy atom. The van der Waals surface area contributed by atoms with Crippen LogP contribution in [0.25, 0.3) is 0 Å². The number of carbonyl (C=O) groups excluding carboxylic acids is 4. The molecular weight excluding hydrogens is 732 g/mol. The van der Waals surface area contributed by atoms with Gasteiger partial charge >= 0.3 is 23.9 Å². The van der Waals surface area contributed by atoms with E-state index in [4.69, 9.17) is 37.9 Å². The van der Waals surface area contributed by atoms with E-state index in [-0.39, 0.29) is 48.7 Å². The van der Waals surface area contributed by atoms with Crippen LogP contribution in [0.4, 0.5) is 0 Å². The molecule has 0 aliphatic heterocycles. The fourth-order valence-corrected chi connectivity index (χ4v) is 4.83. The fourth-order valence-electron chi connectivity index (χ4n) is 4.83. The molecule has 0 N–H and O–H groups in total. The van der Waals surface area contributed by atoms with Crippen LogP contribution in [-0.4, -0.2) is 76.7 Å². The van der Waals surface area contributed by atoms with Crippen LogP contribution in [-0.2, 0) is 18.9 Å². The Kier molecular flexibility index (Phi) is 16.7. The summed E-state index contributed by atoms with van der Waals surface area (Å²) >= 11 is 0. The number of hydrogen-bond donors (Lipinski definition) is 0. The minimum Gasteiger partial charge on any atom is -0.490 e. The Morgan fingerprint density at radius 3 is 0.737 bits per heavy atom. The summed E-state index contributed by atoms with van der Waals surface area (Å²) in [6.07, 6.45) is 6.35. The van der Waals surface area contributed by atoms with Crippen molar-refractivity contribution in [3.05, 3.63) is 170 Å². The highest BCUT2D eigenvalue weighted by atomic mass is 16.6. The standard InChI is InChI=1S/C45H44O12/c1-5-25-50-37-17-9-33(10-18-37)41(46)54-29-45(30-55-42(47)34-11-19-38(20-12-34)51-26-6-2,31-56-43(48)35-13-21-39(22-14-35)52-27-7-3)32-57-44(49)36-15-23-40(24-16-36)53-28-8-4/h5-24H,1-4,25-32H2. The second-order valence-electron chi connectivity index (χ2n) is 12.3. The Morgan fingerprint density at radius 2 is 0.561 bits per heavy atom. The van der Waals surface area contributed by atoms with Crippen LogP contribution >= 0.6 is 0 Å². The highest BCUT2D eigenvalue weighted by molar-refractivity contribution is 5.91. The van der Waals surface area contributed by atoms with Gasteiger partial charge in [0.2, 0.25) is 0 Å². The molecule has 0 saturated heterocycles. The highest BCUT2D eigenvalue weighted by Crippen LogP contribution is 2.26. The fraction of sp³-hybridized carbons (Fsp3) is 0.200. The molecule has 4 aromatic carbocycles. The normalized spacial score (nSPS) is 10.5. The zero-order valence-corrected chi connectivity index (χ0v) is 31.4. The lowest BCUT2D eigenvalue weighted by Gasteiger charge is -2.31. The van der Waals surface area contributed by atoms with Crippen molar-refractivity contribution in [3.63, 3.8) is 0 Å². The molecular formula is C45H44O12. The van der Waals surface area contributed by atoms with E-state index in [9.17, 15) is 19.2 Å². The van der Waals surface area contributed by atoms with Crippen LogP contribution in [0.3, 0.4) is 0 Å². The van der Waals surface area contributed by atoms with Crippen LogP contribution in [0.15, 0.2) is 148 Å². The molecule has 12 heteroatoms. The van der Waals surface area contributed by atoms with Crippen LogP contribution in [0.1, 0.15) is 41.4 Å². The summed E-state index contributed by atoms with van der Waals surface area (Å²) in [4.78, 5) is 53.4. The zero-order valence-electron chi connectivity index (χ0n) is 31.4. The minimum atomic E-state index is -1.60. The third-order valence-corrected chi connectivity index (χ3v) is 7.87. The van der Waals surface area contributed by atoms with Crippen LogP contribution in [0.2, 0.25) is 0 Å². The molecule has 0 amide bonds. The monoisotopic (exact) mass is 776 g/mol. The predicted octanol–water partition coefficient (Wildman–Crippen LogP) is 7.66. The van der Waals surface area contributed by atoms with Gasteiger partial charge in [-0.15, -0.1) is 0 Å². The van der Waals surface area contributed by atoms with Gasteiger partial charge in [-0.3, -0.25) is 0 Å². The summed E-state index contributed by atoms with van der Waals surface area (Å²) in [5.41, 5.74) is -0.889. The minimum absolute atomic E-state index is 0.178. The second kappa shape index (κ2) is 22.3. The molecule has 0 aromatic heterocycles. The number of esters is 4. The summed E-state index contributed by atoms with van der Waals surface area (Å²) in [6.45, 7) is 13.5. The first-order chi connectivity index (χ1) is 27.7. The Bertz CT molecular complexity index is 1670. The van der Waals surface area contributed by atoms with E-state index in [1.807, 2.05) is 0 Å². The van der Waals surface area contributed by atoms with Gasteiger partial charge in [0, 0.05) is 0 Å². The van der Waals surface area contributed by atoms with Crippen molar-refractivity contribution in [2.45, 2.75) is 0 Å². The van der Waals surface area contributed by atoms with Gasteiger partial charge < -0.3 is 37.9 Å². The van der Waals surface area contributed by atoms with E-state index in [0.717, 1.165) is 0 Å². The SMILES string of the molecule is C=CCOc1ccc(C(=O)OCC(COC(=O)c2ccc(OCC=C)cc2)(COC(=O)c2ccc(OCC=C)cc2)COC(=O)c2ccc(OCC=C)cc2)cc1. The Balaban J connectivity index is 1.61. The van der Waals surface area contributed by atoms with E-state index in [1.54, 1.807) is 72.8 Å². The zero-order chi connectivity index (χ0) is 40.9. The molecule has 0 heterocycles. The summed E-state index contributed by atoms with van der Waals surface area (Å²) in [6, 6.07) is 24.8. The Hall–Kier alpha value is -7.08. The van der Waals surface area contributed by atoms with Gasteiger partial charge in [0.15, 0.2) is 0 Å². The van der Waals surface area contributed by atoms with Crippen molar-refractivity contribution in [1.29, 1.82) is 0 Å². The molecule has 0 aliphatic carbocycles. The summed E-state index contributed by atoms with van der Waals surface area (Å²) < 4.78 is 45.0. The van der Waals surface area contributed by atoms with Gasteiger partial charge in [0.25, 0.3) is 0 Å². The second-order valence-corrected chi connectivity index (χ2v) is 12.3. The third-order valence-electron chi connectivity index (χ3n) is 7.87. The van der Waals surface area contributed by atoms with Crippen LogP contribution < -0.4 is 18.9 Å². The van der Waals surface area contributed by atoms with Gasteiger partial charge in [0.1, 0.15) is 81.3 Å². The van der Waals surface area contributed by atoms with Gasteiger partial charge in [0.05, 0.1) is 22.3 Å². The molecule has 0 aliphatic rings. The van der Waals surface area contributed by atoms with E-state index in [1.165, 1.54) is 48.5 Å². The third kappa shape index (κ3) is 13.6. The van der Waals surface area contributed by atoms with Gasteiger partial charge in [-0.1, -0.05) is 50.6 Å².